The zero-order chi connectivity index (χ0) is 13.0. The van der Waals surface area contributed by atoms with Gasteiger partial charge in [-0.15, -0.1) is 0 Å². The van der Waals surface area contributed by atoms with Gasteiger partial charge in [0.2, 0.25) is 0 Å². The van der Waals surface area contributed by atoms with Crippen LogP contribution < -0.4 is 5.32 Å². The van der Waals surface area contributed by atoms with Crippen molar-refractivity contribution in [3.05, 3.63) is 23.7 Å². The quantitative estimate of drug-likeness (QED) is 0.885. The molecule has 0 aromatic carbocycles. The van der Waals surface area contributed by atoms with Crippen LogP contribution in [-0.2, 0) is 6.54 Å². The van der Waals surface area contributed by atoms with E-state index in [0.717, 1.165) is 35.7 Å². The lowest BCUT2D eigenvalue weighted by molar-refractivity contribution is 0.478. The topological polar surface area (TPSA) is 37.5 Å². The first-order valence-corrected chi connectivity index (χ1v) is 7.61. The maximum absolute atomic E-state index is 5.53. The summed E-state index contributed by atoms with van der Waals surface area (Å²) in [5.74, 6) is 2.72. The summed E-state index contributed by atoms with van der Waals surface area (Å²) in [6, 6.07) is 4.01. The zero-order valence-corrected chi connectivity index (χ0v) is 12.2. The molecule has 4 heteroatoms. The van der Waals surface area contributed by atoms with E-state index in [-0.39, 0.29) is 0 Å². The Hall–Kier alpha value is -0.900. The van der Waals surface area contributed by atoms with Crippen molar-refractivity contribution in [2.45, 2.75) is 45.4 Å². The number of aliphatic imine (C=N–C) groups is 1. The van der Waals surface area contributed by atoms with Crippen LogP contribution in [0, 0.1) is 12.8 Å². The molecule has 2 heterocycles. The van der Waals surface area contributed by atoms with Crippen molar-refractivity contribution in [2.24, 2.45) is 10.9 Å². The van der Waals surface area contributed by atoms with Gasteiger partial charge in [-0.25, -0.2) is 0 Å². The summed E-state index contributed by atoms with van der Waals surface area (Å²) in [4.78, 5) is 4.58. The van der Waals surface area contributed by atoms with Crippen molar-refractivity contribution < 1.29 is 4.42 Å². The van der Waals surface area contributed by atoms with E-state index in [1.165, 1.54) is 12.8 Å². The number of nitrogens with zero attached hydrogens (tertiary/aromatic N) is 1. The largest absolute Gasteiger partial charge is 0.465 e. The molecule has 3 nitrogen and oxygen atoms in total. The van der Waals surface area contributed by atoms with Gasteiger partial charge in [-0.05, 0) is 25.0 Å². The molecular formula is C14H22N2OS. The third kappa shape index (κ3) is 3.31. The first-order chi connectivity index (χ1) is 8.72. The van der Waals surface area contributed by atoms with Gasteiger partial charge in [0.15, 0.2) is 5.17 Å². The van der Waals surface area contributed by atoms with E-state index < -0.39 is 0 Å². The zero-order valence-electron chi connectivity index (χ0n) is 11.4. The smallest absolute Gasteiger partial charge is 0.157 e. The Labute approximate surface area is 113 Å². The van der Waals surface area contributed by atoms with Gasteiger partial charge >= 0.3 is 0 Å². The number of furan rings is 1. The number of nitrogens with one attached hydrogen (secondary N) is 1. The Balaban J connectivity index is 1.79. The van der Waals surface area contributed by atoms with Gasteiger partial charge in [-0.1, -0.05) is 38.5 Å². The molecule has 1 N–H and O–H groups in total. The fourth-order valence-electron chi connectivity index (χ4n) is 2.29. The second kappa shape index (κ2) is 6.32. The summed E-state index contributed by atoms with van der Waals surface area (Å²) in [5, 5.41) is 5.09. The van der Waals surface area contributed by atoms with E-state index in [9.17, 15) is 0 Å². The maximum Gasteiger partial charge on any atom is 0.157 e. The predicted octanol–water partition coefficient (Wildman–Crippen LogP) is 3.59. The molecule has 0 amide bonds. The van der Waals surface area contributed by atoms with Crippen LogP contribution in [0.2, 0.25) is 0 Å². The fraction of sp³-hybridized carbons (Fsp3) is 0.643. The number of thioether (sulfide) groups is 1. The Morgan fingerprint density at radius 2 is 2.22 bits per heavy atom. The van der Waals surface area contributed by atoms with Crippen LogP contribution in [0.25, 0.3) is 0 Å². The van der Waals surface area contributed by atoms with Crippen molar-refractivity contribution in [3.63, 3.8) is 0 Å². The molecule has 1 atom stereocenters. The van der Waals surface area contributed by atoms with E-state index in [4.69, 9.17) is 4.42 Å². The highest BCUT2D eigenvalue weighted by atomic mass is 32.2. The fourth-order valence-corrected chi connectivity index (χ4v) is 3.61. The maximum atomic E-state index is 5.53. The van der Waals surface area contributed by atoms with Crippen molar-refractivity contribution in [1.82, 2.24) is 5.32 Å². The first-order valence-electron chi connectivity index (χ1n) is 6.73. The summed E-state index contributed by atoms with van der Waals surface area (Å²) >= 11 is 1.89. The molecule has 0 aliphatic carbocycles. The summed E-state index contributed by atoms with van der Waals surface area (Å²) in [7, 11) is 0. The van der Waals surface area contributed by atoms with Crippen molar-refractivity contribution in [2.75, 3.05) is 6.54 Å². The van der Waals surface area contributed by atoms with Crippen LogP contribution >= 0.6 is 11.8 Å². The van der Waals surface area contributed by atoms with Crippen LogP contribution in [0.1, 0.15) is 38.2 Å². The second-order valence-corrected chi connectivity index (χ2v) is 5.97. The normalized spacial score (nSPS) is 19.3. The highest BCUT2D eigenvalue weighted by Gasteiger charge is 2.25. The molecule has 1 unspecified atom stereocenters. The lowest BCUT2D eigenvalue weighted by Gasteiger charge is -2.18. The van der Waals surface area contributed by atoms with Crippen molar-refractivity contribution in [3.8, 4) is 0 Å². The van der Waals surface area contributed by atoms with Crippen LogP contribution in [0.15, 0.2) is 21.5 Å². The third-order valence-electron chi connectivity index (χ3n) is 3.46. The third-order valence-corrected chi connectivity index (χ3v) is 4.80. The molecule has 0 fully saturated rings. The van der Waals surface area contributed by atoms with E-state index in [0.29, 0.717) is 5.25 Å². The minimum atomic E-state index is 0.654. The van der Waals surface area contributed by atoms with E-state index in [1.54, 1.807) is 0 Å². The van der Waals surface area contributed by atoms with Gasteiger partial charge in [0.05, 0.1) is 13.1 Å². The van der Waals surface area contributed by atoms with Crippen molar-refractivity contribution in [1.29, 1.82) is 0 Å². The molecule has 0 saturated heterocycles. The Morgan fingerprint density at radius 1 is 1.44 bits per heavy atom. The standard InChI is InChI=1S/C14H22N2OS/c1-4-11(5-2)13-9-16-14(18-13)15-8-12-7-6-10(3)17-12/h6-7,11,13H,4-5,8-9H2,1-3H3,(H,15,16). The molecule has 100 valence electrons. The van der Waals surface area contributed by atoms with E-state index >= 15 is 0 Å². The van der Waals surface area contributed by atoms with Gasteiger partial charge < -0.3 is 9.73 Å². The molecule has 1 aromatic rings. The first kappa shape index (κ1) is 13.5. The van der Waals surface area contributed by atoms with E-state index in [1.807, 2.05) is 30.8 Å². The number of aryl methyl sites for hydroxylation is 1. The van der Waals surface area contributed by atoms with Gasteiger partial charge in [-0.3, -0.25) is 4.99 Å². The average molecular weight is 266 g/mol. The summed E-state index contributed by atoms with van der Waals surface area (Å²) in [6.07, 6.45) is 2.49. The number of hydrogen-bond acceptors (Lipinski definition) is 4. The lowest BCUT2D eigenvalue weighted by atomic mass is 9.99. The molecule has 0 bridgehead atoms. The van der Waals surface area contributed by atoms with Crippen LogP contribution in [0.4, 0.5) is 0 Å². The van der Waals surface area contributed by atoms with Gasteiger partial charge in [0.25, 0.3) is 0 Å². The minimum absolute atomic E-state index is 0.654. The Bertz CT molecular complexity index is 410. The van der Waals surface area contributed by atoms with E-state index in [2.05, 4.69) is 24.2 Å². The highest BCUT2D eigenvalue weighted by molar-refractivity contribution is 8.14. The Morgan fingerprint density at radius 3 is 2.83 bits per heavy atom. The SMILES string of the molecule is CCC(CC)C1CN=C(NCc2ccc(C)o2)S1. The molecule has 18 heavy (non-hydrogen) atoms. The highest BCUT2D eigenvalue weighted by Crippen LogP contribution is 2.30. The molecule has 0 spiro atoms. The molecule has 0 saturated carbocycles. The predicted molar refractivity (Wildman–Crippen MR) is 78.0 cm³/mol. The van der Waals surface area contributed by atoms with Crippen LogP contribution in [0.3, 0.4) is 0 Å². The van der Waals surface area contributed by atoms with Crippen molar-refractivity contribution >= 4 is 16.9 Å². The Kier molecular flexibility index (Phi) is 4.75. The summed E-state index contributed by atoms with van der Waals surface area (Å²) in [5.41, 5.74) is 0. The average Bonchev–Trinajstić information content (AvgIpc) is 2.98. The number of rotatable bonds is 5. The number of amidine groups is 1. The summed E-state index contributed by atoms with van der Waals surface area (Å²) < 4.78 is 5.53. The van der Waals surface area contributed by atoms with Crippen LogP contribution in [0.5, 0.6) is 0 Å². The molecular weight excluding hydrogens is 244 g/mol. The second-order valence-electron chi connectivity index (χ2n) is 4.74. The molecule has 1 aliphatic rings. The minimum Gasteiger partial charge on any atom is -0.465 e. The monoisotopic (exact) mass is 266 g/mol. The summed E-state index contributed by atoms with van der Waals surface area (Å²) in [6.45, 7) is 8.19. The number of hydrogen-bond donors (Lipinski definition) is 1. The van der Waals surface area contributed by atoms with Crippen LogP contribution in [-0.4, -0.2) is 17.0 Å². The van der Waals surface area contributed by atoms with Gasteiger partial charge in [0, 0.05) is 5.25 Å². The molecule has 1 aliphatic heterocycles. The van der Waals surface area contributed by atoms with Gasteiger partial charge in [0.1, 0.15) is 11.5 Å². The molecule has 0 radical (unpaired) electrons. The lowest BCUT2D eigenvalue weighted by Crippen LogP contribution is -2.21. The molecule has 1 aromatic heterocycles. The van der Waals surface area contributed by atoms with Gasteiger partial charge in [-0.2, -0.15) is 0 Å². The molecule has 2 rings (SSSR count).